The first kappa shape index (κ1) is 22.8. The number of carbonyl (C=O) groups is 2. The average Bonchev–Trinajstić information content (AvgIpc) is 2.88. The Labute approximate surface area is 197 Å². The van der Waals surface area contributed by atoms with Crippen LogP contribution in [0, 0.1) is 0 Å². The molecule has 0 spiro atoms. The summed E-state index contributed by atoms with van der Waals surface area (Å²) < 4.78 is 5.89. The highest BCUT2D eigenvalue weighted by molar-refractivity contribution is 5.96. The lowest BCUT2D eigenvalue weighted by molar-refractivity contribution is 0.0946. The summed E-state index contributed by atoms with van der Waals surface area (Å²) in [6.45, 7) is 5.84. The normalized spacial score (nSPS) is 11.4. The lowest BCUT2D eigenvalue weighted by atomic mass is 10.0. The van der Waals surface area contributed by atoms with Crippen molar-refractivity contribution >= 4 is 28.5 Å². The van der Waals surface area contributed by atoms with Crippen LogP contribution in [0.2, 0.25) is 0 Å². The van der Waals surface area contributed by atoms with Gasteiger partial charge in [0.25, 0.3) is 11.8 Å². The molecule has 172 valence electrons. The van der Waals surface area contributed by atoms with E-state index in [0.29, 0.717) is 16.5 Å². The predicted molar refractivity (Wildman–Crippen MR) is 133 cm³/mol. The molecule has 4 aromatic rings. The Hall–Kier alpha value is -4.39. The maximum Gasteiger partial charge on any atom is 0.271 e. The van der Waals surface area contributed by atoms with Gasteiger partial charge in [0.05, 0.1) is 0 Å². The molecule has 2 amide bonds. The van der Waals surface area contributed by atoms with Crippen molar-refractivity contribution in [2.45, 2.75) is 13.8 Å². The van der Waals surface area contributed by atoms with Crippen LogP contribution in [-0.4, -0.2) is 24.9 Å². The Morgan fingerprint density at radius 3 is 2.24 bits per heavy atom. The number of hydrogen-bond donors (Lipinski definition) is 2. The van der Waals surface area contributed by atoms with Crippen molar-refractivity contribution in [1.29, 1.82) is 0 Å². The van der Waals surface area contributed by atoms with Crippen LogP contribution in [0.25, 0.3) is 22.1 Å². The van der Waals surface area contributed by atoms with E-state index in [9.17, 15) is 9.59 Å². The quantitative estimate of drug-likeness (QED) is 0.407. The van der Waals surface area contributed by atoms with E-state index in [0.717, 1.165) is 29.9 Å². The fourth-order valence-electron chi connectivity index (χ4n) is 3.76. The molecular weight excluding hydrogens is 428 g/mol. The molecule has 0 saturated carbocycles. The highest BCUT2D eigenvalue weighted by Gasteiger charge is 2.12. The largest absolute Gasteiger partial charge is 0.436 e. The maximum absolute atomic E-state index is 12.7. The fraction of sp³-hybridized carbons (Fsp3) is 0.148. The Bertz CT molecular complexity index is 1390. The van der Waals surface area contributed by atoms with E-state index in [1.165, 1.54) is 0 Å². The summed E-state index contributed by atoms with van der Waals surface area (Å²) >= 11 is 0. The van der Waals surface area contributed by atoms with E-state index in [4.69, 9.17) is 10.2 Å². The number of carbonyl (C=O) groups excluding carboxylic acids is 2. The van der Waals surface area contributed by atoms with E-state index in [1.54, 1.807) is 18.2 Å². The number of benzene rings is 3. The molecule has 3 N–H and O–H groups in total. The van der Waals surface area contributed by atoms with Crippen LogP contribution in [0.5, 0.6) is 0 Å². The van der Waals surface area contributed by atoms with Gasteiger partial charge in [-0.05, 0) is 55.3 Å². The second-order valence-corrected chi connectivity index (χ2v) is 7.72. The molecular formula is C27H26N4O3. The monoisotopic (exact) mass is 454 g/mol. The highest BCUT2D eigenvalue weighted by atomic mass is 16.3. The van der Waals surface area contributed by atoms with Gasteiger partial charge in [-0.1, -0.05) is 42.5 Å². The van der Waals surface area contributed by atoms with Crippen molar-refractivity contribution in [1.82, 2.24) is 5.43 Å². The molecule has 0 aliphatic carbocycles. The number of nitrogens with one attached hydrogen (secondary N) is 1. The van der Waals surface area contributed by atoms with Crippen LogP contribution in [0.1, 0.15) is 34.6 Å². The minimum absolute atomic E-state index is 0.0500. The third kappa shape index (κ3) is 4.83. The van der Waals surface area contributed by atoms with Gasteiger partial charge in [0.1, 0.15) is 11.1 Å². The van der Waals surface area contributed by atoms with Crippen molar-refractivity contribution in [2.75, 3.05) is 18.0 Å². The van der Waals surface area contributed by atoms with Crippen LogP contribution in [-0.2, 0) is 0 Å². The zero-order chi connectivity index (χ0) is 24.1. The van der Waals surface area contributed by atoms with E-state index in [1.807, 2.05) is 60.7 Å². The number of nitrogens with zero attached hydrogens (tertiary/aromatic N) is 2. The summed E-state index contributed by atoms with van der Waals surface area (Å²) in [7, 11) is 0. The van der Waals surface area contributed by atoms with E-state index >= 15 is 0 Å². The maximum atomic E-state index is 12.7. The fourth-order valence-corrected chi connectivity index (χ4v) is 3.76. The molecule has 7 nitrogen and oxygen atoms in total. The molecule has 1 heterocycles. The minimum atomic E-state index is -0.696. The second kappa shape index (κ2) is 10.0. The molecule has 0 aliphatic rings. The number of nitrogens with two attached hydrogens (primary N) is 1. The zero-order valence-electron chi connectivity index (χ0n) is 19.1. The number of amides is 2. The number of rotatable bonds is 7. The van der Waals surface area contributed by atoms with Crippen LogP contribution in [0.4, 0.5) is 5.69 Å². The molecule has 0 aliphatic heterocycles. The van der Waals surface area contributed by atoms with Gasteiger partial charge in [-0.2, -0.15) is 0 Å². The van der Waals surface area contributed by atoms with Gasteiger partial charge < -0.3 is 15.1 Å². The number of anilines is 1. The summed E-state index contributed by atoms with van der Waals surface area (Å²) in [4.78, 5) is 26.8. The lowest BCUT2D eigenvalue weighted by Gasteiger charge is -2.21. The van der Waals surface area contributed by atoms with Crippen molar-refractivity contribution in [3.63, 3.8) is 0 Å². The van der Waals surface area contributed by atoms with Crippen LogP contribution in [0.3, 0.4) is 0 Å². The minimum Gasteiger partial charge on any atom is -0.436 e. The summed E-state index contributed by atoms with van der Waals surface area (Å²) in [5.41, 5.74) is 12.0. The molecule has 7 heteroatoms. The van der Waals surface area contributed by atoms with Crippen molar-refractivity contribution in [2.24, 2.45) is 10.8 Å². The van der Waals surface area contributed by atoms with Crippen molar-refractivity contribution in [3.8, 4) is 11.1 Å². The molecule has 0 radical (unpaired) electrons. The Morgan fingerprint density at radius 2 is 1.59 bits per heavy atom. The molecule has 0 unspecified atom stereocenters. The smallest absolute Gasteiger partial charge is 0.271 e. The lowest BCUT2D eigenvalue weighted by Crippen LogP contribution is -2.27. The second-order valence-electron chi connectivity index (χ2n) is 7.72. The number of fused-ring (bicyclic) bond motifs is 1. The van der Waals surface area contributed by atoms with Gasteiger partial charge in [0.2, 0.25) is 5.55 Å². The van der Waals surface area contributed by atoms with Crippen molar-refractivity contribution < 1.29 is 14.0 Å². The topological polar surface area (TPSA) is 101 Å². The molecule has 0 bridgehead atoms. The summed E-state index contributed by atoms with van der Waals surface area (Å²) in [5, 5.41) is 4.78. The highest BCUT2D eigenvalue weighted by Crippen LogP contribution is 2.22. The average molecular weight is 455 g/mol. The number of hydrogen-bond acceptors (Lipinski definition) is 5. The van der Waals surface area contributed by atoms with Crippen LogP contribution >= 0.6 is 0 Å². The Morgan fingerprint density at radius 1 is 0.912 bits per heavy atom. The molecule has 1 aromatic heterocycles. The van der Waals surface area contributed by atoms with Gasteiger partial charge in [0.15, 0.2) is 0 Å². The third-order valence-corrected chi connectivity index (χ3v) is 5.64. The summed E-state index contributed by atoms with van der Waals surface area (Å²) in [5.74, 6) is -1.12. The number of primary amides is 1. The summed E-state index contributed by atoms with van der Waals surface area (Å²) in [6, 6.07) is 24.4. The van der Waals surface area contributed by atoms with Gasteiger partial charge in [-0.25, -0.2) is 5.43 Å². The van der Waals surface area contributed by atoms with Crippen molar-refractivity contribution in [3.05, 3.63) is 95.5 Å². The van der Waals surface area contributed by atoms with Gasteiger partial charge in [-0.15, -0.1) is 5.10 Å². The van der Waals surface area contributed by atoms with E-state index < -0.39 is 11.8 Å². The molecule has 34 heavy (non-hydrogen) atoms. The molecule has 0 saturated heterocycles. The van der Waals surface area contributed by atoms with Gasteiger partial charge in [-0.3, -0.25) is 9.59 Å². The van der Waals surface area contributed by atoms with E-state index in [2.05, 4.69) is 29.3 Å². The van der Waals surface area contributed by atoms with Gasteiger partial charge in [0, 0.05) is 35.8 Å². The van der Waals surface area contributed by atoms with Crippen LogP contribution in [0.15, 0.2) is 88.4 Å². The molecule has 4 rings (SSSR count). The Balaban J connectivity index is 1.64. The van der Waals surface area contributed by atoms with E-state index in [-0.39, 0.29) is 11.1 Å². The van der Waals surface area contributed by atoms with Crippen LogP contribution < -0.4 is 21.6 Å². The van der Waals surface area contributed by atoms with Gasteiger partial charge >= 0.3 is 0 Å². The molecule has 0 fully saturated rings. The first-order valence-corrected chi connectivity index (χ1v) is 11.1. The zero-order valence-corrected chi connectivity index (χ0v) is 19.1. The standard InChI is InChI=1S/C27H26N4O3/c1-3-31(4-2)22-15-14-21-16-23(25(28)32)27(34-24(21)17-22)30-29-26(33)20-12-10-19(11-13-20)18-8-6-5-7-9-18/h5-17H,3-4H2,1-2H3,(H2,28,32)(H,29,33)/b30-27-. The molecule has 3 aromatic carbocycles. The summed E-state index contributed by atoms with van der Waals surface area (Å²) in [6.07, 6.45) is 0. The Kier molecular flexibility index (Phi) is 6.73. The predicted octanol–water partition coefficient (Wildman–Crippen LogP) is 4.29. The third-order valence-electron chi connectivity index (χ3n) is 5.64. The molecule has 0 atom stereocenters. The SMILES string of the molecule is CCN(CC)c1ccc2cc(C(N)=O)/c(=N/NC(=O)c3ccc(-c4ccccc4)cc3)oc2c1. The first-order valence-electron chi connectivity index (χ1n) is 11.1. The first-order chi connectivity index (χ1) is 16.5.